The van der Waals surface area contributed by atoms with Crippen LogP contribution < -0.4 is 0 Å². The first kappa shape index (κ1) is 32.8. The van der Waals surface area contributed by atoms with Gasteiger partial charge in [-0.3, -0.25) is 0 Å². The highest BCUT2D eigenvalue weighted by atomic mass is 14.9. The van der Waals surface area contributed by atoms with E-state index in [2.05, 4.69) is 191 Å². The Morgan fingerprint density at radius 1 is 0.357 bits per heavy atom. The fourth-order valence-corrected chi connectivity index (χ4v) is 9.95. The molecule has 0 spiro atoms. The molecule has 2 heteroatoms. The van der Waals surface area contributed by atoms with Crippen LogP contribution in [0.2, 0.25) is 0 Å². The first-order valence-electron chi connectivity index (χ1n) is 19.7. The van der Waals surface area contributed by atoms with E-state index in [1.807, 2.05) is 6.07 Å². The van der Waals surface area contributed by atoms with E-state index >= 15 is 0 Å². The van der Waals surface area contributed by atoms with Crippen molar-refractivity contribution in [1.82, 2.24) is 9.97 Å². The molecule has 0 saturated heterocycles. The Balaban J connectivity index is 1.10. The van der Waals surface area contributed by atoms with Crippen LogP contribution in [0.25, 0.3) is 88.8 Å². The standard InChI is InChI=1S/C54H40N2/c1-53(2)45-24-13-12-21-40(45)41-27-25-35(31-47(41)53)48-32-49(56-52(55-48)34-16-6-5-7-17-34)42-29-28-39(37-19-10-11-20-38(37)42)43-22-14-23-44-50-36-18-9-8-15-33(36)26-30-46(50)54(3,4)51(43)44/h5-32H,1-4H3. The predicted octanol–water partition coefficient (Wildman–Crippen LogP) is 14.1. The van der Waals surface area contributed by atoms with Crippen molar-refractivity contribution in [3.63, 3.8) is 0 Å². The third-order valence-electron chi connectivity index (χ3n) is 12.7. The van der Waals surface area contributed by atoms with Gasteiger partial charge in [0.05, 0.1) is 11.4 Å². The Morgan fingerprint density at radius 2 is 0.982 bits per heavy atom. The molecule has 9 aromatic rings. The first-order chi connectivity index (χ1) is 27.3. The number of fused-ring (bicyclic) bond motifs is 9. The van der Waals surface area contributed by atoms with Gasteiger partial charge in [-0.1, -0.05) is 185 Å². The zero-order chi connectivity index (χ0) is 37.8. The summed E-state index contributed by atoms with van der Waals surface area (Å²) in [6, 6.07) is 62.0. The summed E-state index contributed by atoms with van der Waals surface area (Å²) in [6.45, 7) is 9.44. The molecule has 0 saturated carbocycles. The summed E-state index contributed by atoms with van der Waals surface area (Å²) in [5.41, 5.74) is 18.1. The van der Waals surface area contributed by atoms with Crippen molar-refractivity contribution in [2.45, 2.75) is 38.5 Å². The molecule has 1 aromatic heterocycles. The topological polar surface area (TPSA) is 25.8 Å². The van der Waals surface area contributed by atoms with Gasteiger partial charge in [0, 0.05) is 27.5 Å². The number of benzene rings is 8. The van der Waals surface area contributed by atoms with Crippen LogP contribution in [0.15, 0.2) is 170 Å². The Hall–Kier alpha value is -6.64. The summed E-state index contributed by atoms with van der Waals surface area (Å²) < 4.78 is 0. The van der Waals surface area contributed by atoms with Gasteiger partial charge >= 0.3 is 0 Å². The summed E-state index contributed by atoms with van der Waals surface area (Å²) in [6.07, 6.45) is 0. The molecule has 266 valence electrons. The van der Waals surface area contributed by atoms with Crippen molar-refractivity contribution >= 4 is 21.5 Å². The zero-order valence-electron chi connectivity index (χ0n) is 32.1. The monoisotopic (exact) mass is 716 g/mol. The van der Waals surface area contributed by atoms with Crippen LogP contribution in [0, 0.1) is 0 Å². The molecular weight excluding hydrogens is 677 g/mol. The Kier molecular flexibility index (Phi) is 6.98. The predicted molar refractivity (Wildman–Crippen MR) is 234 cm³/mol. The number of nitrogens with zero attached hydrogens (tertiary/aromatic N) is 2. The van der Waals surface area contributed by atoms with Gasteiger partial charge in [-0.2, -0.15) is 0 Å². The molecular formula is C54H40N2. The largest absolute Gasteiger partial charge is 0.228 e. The van der Waals surface area contributed by atoms with Crippen LogP contribution in [0.1, 0.15) is 49.9 Å². The minimum absolute atomic E-state index is 0.104. The minimum atomic E-state index is -0.164. The molecule has 11 rings (SSSR count). The van der Waals surface area contributed by atoms with E-state index in [1.165, 1.54) is 77.2 Å². The van der Waals surface area contributed by atoms with Gasteiger partial charge in [0.1, 0.15) is 0 Å². The van der Waals surface area contributed by atoms with Crippen molar-refractivity contribution in [2.24, 2.45) is 0 Å². The smallest absolute Gasteiger partial charge is 0.160 e. The SMILES string of the molecule is CC1(C)c2ccccc2-c2ccc(-c3cc(-c4ccc(-c5cccc6c5C(C)(C)c5ccc7ccccc7c5-6)c5ccccc45)nc(-c4ccccc4)n3)cc21. The lowest BCUT2D eigenvalue weighted by Crippen LogP contribution is -2.16. The molecule has 0 atom stereocenters. The molecule has 56 heavy (non-hydrogen) atoms. The maximum absolute atomic E-state index is 5.31. The molecule has 2 aliphatic rings. The molecule has 0 bridgehead atoms. The van der Waals surface area contributed by atoms with Gasteiger partial charge in [0.25, 0.3) is 0 Å². The molecule has 0 radical (unpaired) electrons. The summed E-state index contributed by atoms with van der Waals surface area (Å²) in [5.74, 6) is 0.724. The third kappa shape index (κ3) is 4.69. The molecule has 0 aliphatic heterocycles. The van der Waals surface area contributed by atoms with E-state index in [-0.39, 0.29) is 10.8 Å². The van der Waals surface area contributed by atoms with E-state index in [0.717, 1.165) is 33.9 Å². The molecule has 1 heterocycles. The first-order valence-corrected chi connectivity index (χ1v) is 19.7. The molecule has 0 unspecified atom stereocenters. The molecule has 8 aromatic carbocycles. The van der Waals surface area contributed by atoms with Crippen molar-refractivity contribution in [1.29, 1.82) is 0 Å². The maximum Gasteiger partial charge on any atom is 0.160 e. The second-order valence-corrected chi connectivity index (χ2v) is 16.5. The van der Waals surface area contributed by atoms with Crippen LogP contribution in [0.5, 0.6) is 0 Å². The van der Waals surface area contributed by atoms with Crippen LogP contribution >= 0.6 is 0 Å². The summed E-state index contributed by atoms with van der Waals surface area (Å²) >= 11 is 0. The Morgan fingerprint density at radius 3 is 1.82 bits per heavy atom. The van der Waals surface area contributed by atoms with Gasteiger partial charge in [0.15, 0.2) is 5.82 Å². The Bertz CT molecular complexity index is 3080. The van der Waals surface area contributed by atoms with E-state index < -0.39 is 0 Å². The quantitative estimate of drug-likeness (QED) is 0.181. The van der Waals surface area contributed by atoms with Gasteiger partial charge < -0.3 is 0 Å². The molecule has 0 amide bonds. The van der Waals surface area contributed by atoms with Gasteiger partial charge in [-0.05, 0) is 89.3 Å². The highest BCUT2D eigenvalue weighted by Gasteiger charge is 2.39. The van der Waals surface area contributed by atoms with Crippen LogP contribution in [0.3, 0.4) is 0 Å². The average molecular weight is 717 g/mol. The average Bonchev–Trinajstić information content (AvgIpc) is 3.63. The fraction of sp³-hybridized carbons (Fsp3) is 0.111. The number of hydrogen-bond donors (Lipinski definition) is 0. The highest BCUT2D eigenvalue weighted by Crippen LogP contribution is 2.55. The third-order valence-corrected chi connectivity index (χ3v) is 12.7. The highest BCUT2D eigenvalue weighted by molar-refractivity contribution is 6.08. The van der Waals surface area contributed by atoms with E-state index in [9.17, 15) is 0 Å². The number of hydrogen-bond acceptors (Lipinski definition) is 2. The second-order valence-electron chi connectivity index (χ2n) is 16.5. The Labute approximate surface area is 328 Å². The lowest BCUT2D eigenvalue weighted by Gasteiger charge is -2.25. The number of aromatic nitrogens is 2. The molecule has 2 nitrogen and oxygen atoms in total. The second kappa shape index (κ2) is 11.9. The van der Waals surface area contributed by atoms with E-state index in [4.69, 9.17) is 9.97 Å². The lowest BCUT2D eigenvalue weighted by atomic mass is 9.78. The molecule has 0 fully saturated rings. The lowest BCUT2D eigenvalue weighted by molar-refractivity contribution is 0.660. The number of rotatable bonds is 4. The normalized spacial score (nSPS) is 14.4. The van der Waals surface area contributed by atoms with Crippen molar-refractivity contribution < 1.29 is 0 Å². The van der Waals surface area contributed by atoms with Gasteiger partial charge in [-0.15, -0.1) is 0 Å². The summed E-state index contributed by atoms with van der Waals surface area (Å²) in [4.78, 5) is 10.6. The minimum Gasteiger partial charge on any atom is -0.228 e. The molecule has 2 aliphatic carbocycles. The van der Waals surface area contributed by atoms with Gasteiger partial charge in [-0.25, -0.2) is 9.97 Å². The van der Waals surface area contributed by atoms with Crippen LogP contribution in [0.4, 0.5) is 0 Å². The van der Waals surface area contributed by atoms with E-state index in [0.29, 0.717) is 0 Å². The van der Waals surface area contributed by atoms with Crippen LogP contribution in [-0.4, -0.2) is 9.97 Å². The fourth-order valence-electron chi connectivity index (χ4n) is 9.95. The van der Waals surface area contributed by atoms with Crippen molar-refractivity contribution in [2.75, 3.05) is 0 Å². The van der Waals surface area contributed by atoms with Crippen molar-refractivity contribution in [3.05, 3.63) is 192 Å². The van der Waals surface area contributed by atoms with Crippen molar-refractivity contribution in [3.8, 4) is 67.3 Å². The maximum atomic E-state index is 5.31. The zero-order valence-corrected chi connectivity index (χ0v) is 32.1. The summed E-state index contributed by atoms with van der Waals surface area (Å²) in [7, 11) is 0. The molecule has 0 N–H and O–H groups in total. The van der Waals surface area contributed by atoms with Crippen LogP contribution in [-0.2, 0) is 10.8 Å². The van der Waals surface area contributed by atoms with E-state index in [1.54, 1.807) is 0 Å². The van der Waals surface area contributed by atoms with Gasteiger partial charge in [0.2, 0.25) is 0 Å². The summed E-state index contributed by atoms with van der Waals surface area (Å²) in [5, 5.41) is 4.99.